The SMILES string of the molecule is Cn1cc(CC(N)c2cc(F)ccc2C(F)(F)F)nn1. The number of benzene rings is 1. The second-order valence-corrected chi connectivity index (χ2v) is 4.42. The molecule has 1 unspecified atom stereocenters. The lowest BCUT2D eigenvalue weighted by atomic mass is 9.97. The Labute approximate surface area is 112 Å². The van der Waals surface area contributed by atoms with Gasteiger partial charge in [0.15, 0.2) is 0 Å². The molecule has 0 bridgehead atoms. The van der Waals surface area contributed by atoms with E-state index in [4.69, 9.17) is 5.73 Å². The van der Waals surface area contributed by atoms with Gasteiger partial charge in [0.05, 0.1) is 11.3 Å². The summed E-state index contributed by atoms with van der Waals surface area (Å²) < 4.78 is 53.2. The van der Waals surface area contributed by atoms with Crippen molar-refractivity contribution in [1.29, 1.82) is 0 Å². The minimum absolute atomic E-state index is 0.0420. The zero-order valence-corrected chi connectivity index (χ0v) is 10.5. The highest BCUT2D eigenvalue weighted by Crippen LogP contribution is 2.35. The average molecular weight is 288 g/mol. The van der Waals surface area contributed by atoms with Crippen LogP contribution < -0.4 is 5.73 Å². The maximum Gasteiger partial charge on any atom is 0.416 e. The summed E-state index contributed by atoms with van der Waals surface area (Å²) in [4.78, 5) is 0. The second-order valence-electron chi connectivity index (χ2n) is 4.42. The van der Waals surface area contributed by atoms with Crippen LogP contribution in [-0.4, -0.2) is 15.0 Å². The molecule has 0 saturated carbocycles. The van der Waals surface area contributed by atoms with E-state index in [9.17, 15) is 17.6 Å². The van der Waals surface area contributed by atoms with Gasteiger partial charge in [-0.2, -0.15) is 13.2 Å². The molecule has 0 saturated heterocycles. The van der Waals surface area contributed by atoms with Gasteiger partial charge in [-0.3, -0.25) is 4.68 Å². The van der Waals surface area contributed by atoms with Gasteiger partial charge in [-0.05, 0) is 23.8 Å². The third kappa shape index (κ3) is 3.13. The van der Waals surface area contributed by atoms with Gasteiger partial charge in [-0.15, -0.1) is 5.10 Å². The first-order valence-electron chi connectivity index (χ1n) is 5.75. The van der Waals surface area contributed by atoms with Gasteiger partial charge in [-0.1, -0.05) is 5.21 Å². The Balaban J connectivity index is 2.33. The van der Waals surface area contributed by atoms with Gasteiger partial charge >= 0.3 is 6.18 Å². The van der Waals surface area contributed by atoms with Crippen molar-refractivity contribution in [2.45, 2.75) is 18.6 Å². The number of aryl methyl sites for hydroxylation is 1. The first-order chi connectivity index (χ1) is 9.27. The predicted octanol–water partition coefficient (Wildman–Crippen LogP) is 2.22. The summed E-state index contributed by atoms with van der Waals surface area (Å²) in [5.74, 6) is -0.761. The molecule has 0 aliphatic heterocycles. The van der Waals surface area contributed by atoms with Crippen molar-refractivity contribution in [2.75, 3.05) is 0 Å². The largest absolute Gasteiger partial charge is 0.416 e. The molecule has 8 heteroatoms. The molecule has 4 nitrogen and oxygen atoms in total. The maximum absolute atomic E-state index is 13.2. The van der Waals surface area contributed by atoms with Gasteiger partial charge in [0, 0.05) is 25.7 Å². The fourth-order valence-corrected chi connectivity index (χ4v) is 1.92. The Kier molecular flexibility index (Phi) is 3.76. The van der Waals surface area contributed by atoms with Gasteiger partial charge in [0.1, 0.15) is 5.82 Å². The standard InChI is InChI=1S/C12H12F4N4/c1-20-6-8(18-19-20)5-11(17)9-4-7(13)2-3-10(9)12(14,15)16/h2-4,6,11H,5,17H2,1H3. The van der Waals surface area contributed by atoms with Crippen LogP contribution in [0, 0.1) is 5.82 Å². The van der Waals surface area contributed by atoms with Crippen molar-refractivity contribution < 1.29 is 17.6 Å². The summed E-state index contributed by atoms with van der Waals surface area (Å²) in [5, 5.41) is 7.42. The van der Waals surface area contributed by atoms with Crippen molar-refractivity contribution in [3.05, 3.63) is 47.0 Å². The fourth-order valence-electron chi connectivity index (χ4n) is 1.92. The molecule has 2 rings (SSSR count). The van der Waals surface area contributed by atoms with Crippen LogP contribution >= 0.6 is 0 Å². The van der Waals surface area contributed by atoms with Crippen LogP contribution in [0.25, 0.3) is 0 Å². The topological polar surface area (TPSA) is 56.7 Å². The highest BCUT2D eigenvalue weighted by molar-refractivity contribution is 5.33. The minimum atomic E-state index is -4.58. The van der Waals surface area contributed by atoms with E-state index in [0.717, 1.165) is 12.1 Å². The molecule has 2 aromatic rings. The van der Waals surface area contributed by atoms with Crippen LogP contribution in [0.3, 0.4) is 0 Å². The summed E-state index contributed by atoms with van der Waals surface area (Å²) in [5.41, 5.74) is 4.98. The Hall–Kier alpha value is -1.96. The van der Waals surface area contributed by atoms with Crippen molar-refractivity contribution in [3.63, 3.8) is 0 Å². The predicted molar refractivity (Wildman–Crippen MR) is 63.0 cm³/mol. The van der Waals surface area contributed by atoms with Crippen LogP contribution in [0.15, 0.2) is 24.4 Å². The number of rotatable bonds is 3. The summed E-state index contributed by atoms with van der Waals surface area (Å²) in [7, 11) is 1.63. The summed E-state index contributed by atoms with van der Waals surface area (Å²) in [6, 6.07) is 1.26. The number of nitrogens with zero attached hydrogens (tertiary/aromatic N) is 3. The molecular formula is C12H12F4N4. The van der Waals surface area contributed by atoms with E-state index in [0.29, 0.717) is 11.8 Å². The van der Waals surface area contributed by atoms with Gasteiger partial charge in [0.2, 0.25) is 0 Å². The Morgan fingerprint density at radius 3 is 2.60 bits per heavy atom. The van der Waals surface area contributed by atoms with Crippen LogP contribution in [0.5, 0.6) is 0 Å². The van der Waals surface area contributed by atoms with Crippen molar-refractivity contribution >= 4 is 0 Å². The molecule has 0 fully saturated rings. The highest BCUT2D eigenvalue weighted by atomic mass is 19.4. The molecule has 1 aromatic heterocycles. The molecule has 0 radical (unpaired) electrons. The van der Waals surface area contributed by atoms with E-state index in [1.54, 1.807) is 13.2 Å². The Morgan fingerprint density at radius 1 is 1.35 bits per heavy atom. The fraction of sp³-hybridized carbons (Fsp3) is 0.333. The summed E-state index contributed by atoms with van der Waals surface area (Å²) in [6.07, 6.45) is -2.99. The average Bonchev–Trinajstić information content (AvgIpc) is 2.73. The molecule has 1 heterocycles. The number of halogens is 4. The molecule has 0 spiro atoms. The Morgan fingerprint density at radius 2 is 2.05 bits per heavy atom. The van der Waals surface area contributed by atoms with Crippen LogP contribution in [-0.2, 0) is 19.6 Å². The zero-order chi connectivity index (χ0) is 14.9. The highest BCUT2D eigenvalue weighted by Gasteiger charge is 2.34. The van der Waals surface area contributed by atoms with Crippen molar-refractivity contribution in [2.24, 2.45) is 12.8 Å². The van der Waals surface area contributed by atoms with Crippen LogP contribution in [0.2, 0.25) is 0 Å². The number of hydrogen-bond acceptors (Lipinski definition) is 3. The first-order valence-corrected chi connectivity index (χ1v) is 5.75. The summed E-state index contributed by atoms with van der Waals surface area (Å²) in [6.45, 7) is 0. The lowest BCUT2D eigenvalue weighted by Crippen LogP contribution is -2.20. The third-order valence-electron chi connectivity index (χ3n) is 2.80. The van der Waals surface area contributed by atoms with Crippen molar-refractivity contribution in [3.8, 4) is 0 Å². The lowest BCUT2D eigenvalue weighted by molar-refractivity contribution is -0.138. The molecule has 1 aromatic carbocycles. The number of nitrogens with two attached hydrogens (primary N) is 1. The lowest BCUT2D eigenvalue weighted by Gasteiger charge is -2.17. The number of aromatic nitrogens is 3. The van der Waals surface area contributed by atoms with Crippen LogP contribution in [0.1, 0.15) is 22.9 Å². The monoisotopic (exact) mass is 288 g/mol. The number of alkyl halides is 3. The Bertz CT molecular complexity index is 606. The molecule has 0 aliphatic carbocycles. The number of hydrogen-bond donors (Lipinski definition) is 1. The molecule has 20 heavy (non-hydrogen) atoms. The van der Waals surface area contributed by atoms with Gasteiger partial charge < -0.3 is 5.73 Å². The van der Waals surface area contributed by atoms with Crippen LogP contribution in [0.4, 0.5) is 17.6 Å². The molecular weight excluding hydrogens is 276 g/mol. The first kappa shape index (κ1) is 14.4. The van der Waals surface area contributed by atoms with E-state index in [1.807, 2.05) is 0 Å². The van der Waals surface area contributed by atoms with E-state index < -0.39 is 23.6 Å². The second kappa shape index (κ2) is 5.20. The van der Waals surface area contributed by atoms with Gasteiger partial charge in [0.25, 0.3) is 0 Å². The zero-order valence-electron chi connectivity index (χ0n) is 10.5. The maximum atomic E-state index is 13.2. The minimum Gasteiger partial charge on any atom is -0.324 e. The van der Waals surface area contributed by atoms with E-state index >= 15 is 0 Å². The normalized spacial score (nSPS) is 13.5. The van der Waals surface area contributed by atoms with Gasteiger partial charge in [-0.25, -0.2) is 4.39 Å². The molecule has 0 aliphatic rings. The van der Waals surface area contributed by atoms with E-state index in [1.165, 1.54) is 4.68 Å². The smallest absolute Gasteiger partial charge is 0.324 e. The van der Waals surface area contributed by atoms with E-state index in [2.05, 4.69) is 10.3 Å². The molecule has 0 amide bonds. The summed E-state index contributed by atoms with van der Waals surface area (Å²) >= 11 is 0. The quantitative estimate of drug-likeness (QED) is 0.881. The molecule has 1 atom stereocenters. The van der Waals surface area contributed by atoms with E-state index in [-0.39, 0.29) is 12.0 Å². The molecule has 2 N–H and O–H groups in total. The van der Waals surface area contributed by atoms with Crippen molar-refractivity contribution in [1.82, 2.24) is 15.0 Å². The molecule has 108 valence electrons. The third-order valence-corrected chi connectivity index (χ3v) is 2.80.